The third kappa shape index (κ3) is 4.03. The monoisotopic (exact) mass is 256 g/mol. The smallest absolute Gasteiger partial charge is 0.222 e. The van der Waals surface area contributed by atoms with Gasteiger partial charge in [0.25, 0.3) is 0 Å². The number of hydrogen-bond acceptors (Lipinski definition) is 4. The lowest BCUT2D eigenvalue weighted by Gasteiger charge is -2.07. The Morgan fingerprint density at radius 3 is 2.58 bits per heavy atom. The van der Waals surface area contributed by atoms with Crippen molar-refractivity contribution in [3.8, 4) is 11.1 Å². The van der Waals surface area contributed by atoms with Crippen molar-refractivity contribution in [1.82, 2.24) is 9.97 Å². The van der Waals surface area contributed by atoms with Crippen molar-refractivity contribution in [3.05, 3.63) is 42.2 Å². The molecular weight excluding hydrogens is 236 g/mol. The average molecular weight is 256 g/mol. The lowest BCUT2D eigenvalue weighted by molar-refractivity contribution is 0.688. The molecule has 0 fully saturated rings. The number of anilines is 1. The van der Waals surface area contributed by atoms with Crippen molar-refractivity contribution in [2.45, 2.75) is 26.3 Å². The molecule has 19 heavy (non-hydrogen) atoms. The Labute approximate surface area is 114 Å². The van der Waals surface area contributed by atoms with E-state index in [0.29, 0.717) is 5.95 Å². The normalized spacial score (nSPS) is 12.2. The maximum atomic E-state index is 5.69. The Hall–Kier alpha value is -1.94. The fourth-order valence-electron chi connectivity index (χ4n) is 1.80. The summed E-state index contributed by atoms with van der Waals surface area (Å²) < 4.78 is 0. The first-order valence-electron chi connectivity index (χ1n) is 6.53. The van der Waals surface area contributed by atoms with Gasteiger partial charge in [-0.1, -0.05) is 29.8 Å². The quantitative estimate of drug-likeness (QED) is 0.863. The Morgan fingerprint density at radius 2 is 1.95 bits per heavy atom. The molecule has 2 aromatic rings. The fourth-order valence-corrected chi connectivity index (χ4v) is 1.80. The summed E-state index contributed by atoms with van der Waals surface area (Å²) in [7, 11) is 0. The molecule has 1 aromatic heterocycles. The number of aryl methyl sites for hydroxylation is 1. The van der Waals surface area contributed by atoms with Gasteiger partial charge in [-0.15, -0.1) is 0 Å². The summed E-state index contributed by atoms with van der Waals surface area (Å²) in [5, 5.41) is 3.16. The Balaban J connectivity index is 2.02. The van der Waals surface area contributed by atoms with Crippen molar-refractivity contribution in [1.29, 1.82) is 0 Å². The van der Waals surface area contributed by atoms with E-state index in [-0.39, 0.29) is 6.04 Å². The first kappa shape index (κ1) is 13.5. The molecule has 4 nitrogen and oxygen atoms in total. The van der Waals surface area contributed by atoms with Crippen LogP contribution in [0.15, 0.2) is 36.7 Å². The molecule has 0 spiro atoms. The number of nitrogens with zero attached hydrogens (tertiary/aromatic N) is 2. The molecule has 0 aliphatic heterocycles. The number of benzene rings is 1. The highest BCUT2D eigenvalue weighted by Crippen LogP contribution is 2.19. The van der Waals surface area contributed by atoms with Crippen LogP contribution in [0.2, 0.25) is 0 Å². The predicted molar refractivity (Wildman–Crippen MR) is 79.0 cm³/mol. The maximum absolute atomic E-state index is 5.69. The van der Waals surface area contributed by atoms with Gasteiger partial charge in [0, 0.05) is 30.5 Å². The second-order valence-corrected chi connectivity index (χ2v) is 4.86. The number of aromatic nitrogens is 2. The van der Waals surface area contributed by atoms with Gasteiger partial charge in [0.15, 0.2) is 0 Å². The predicted octanol–water partition coefficient (Wildman–Crippen LogP) is 2.60. The van der Waals surface area contributed by atoms with E-state index in [2.05, 4.69) is 40.4 Å². The van der Waals surface area contributed by atoms with Crippen LogP contribution in [0.3, 0.4) is 0 Å². The molecule has 0 aliphatic rings. The topological polar surface area (TPSA) is 63.8 Å². The minimum atomic E-state index is 0.194. The van der Waals surface area contributed by atoms with E-state index in [1.165, 1.54) is 5.56 Å². The molecule has 1 heterocycles. The van der Waals surface area contributed by atoms with E-state index >= 15 is 0 Å². The highest BCUT2D eigenvalue weighted by Gasteiger charge is 2.01. The second-order valence-electron chi connectivity index (χ2n) is 4.86. The van der Waals surface area contributed by atoms with Gasteiger partial charge < -0.3 is 11.1 Å². The molecule has 0 amide bonds. The van der Waals surface area contributed by atoms with Gasteiger partial charge in [0.1, 0.15) is 0 Å². The third-order valence-corrected chi connectivity index (χ3v) is 2.89. The molecule has 4 heteroatoms. The molecule has 0 saturated carbocycles. The summed E-state index contributed by atoms with van der Waals surface area (Å²) in [6.45, 7) is 4.86. The Bertz CT molecular complexity index is 520. The number of nitrogens with two attached hydrogens (primary N) is 1. The Morgan fingerprint density at radius 1 is 1.21 bits per heavy atom. The van der Waals surface area contributed by atoms with Crippen molar-refractivity contribution in [3.63, 3.8) is 0 Å². The molecule has 0 saturated heterocycles. The zero-order chi connectivity index (χ0) is 13.7. The van der Waals surface area contributed by atoms with Crippen LogP contribution in [0, 0.1) is 6.92 Å². The minimum absolute atomic E-state index is 0.194. The molecule has 1 aromatic carbocycles. The van der Waals surface area contributed by atoms with Crippen LogP contribution in [0.25, 0.3) is 11.1 Å². The van der Waals surface area contributed by atoms with Crippen LogP contribution in [0.5, 0.6) is 0 Å². The van der Waals surface area contributed by atoms with Crippen LogP contribution in [-0.2, 0) is 0 Å². The van der Waals surface area contributed by atoms with Crippen molar-refractivity contribution < 1.29 is 0 Å². The summed E-state index contributed by atoms with van der Waals surface area (Å²) in [5.41, 5.74) is 9.09. The zero-order valence-electron chi connectivity index (χ0n) is 11.4. The van der Waals surface area contributed by atoms with Crippen LogP contribution < -0.4 is 11.1 Å². The van der Waals surface area contributed by atoms with Gasteiger partial charge in [-0.05, 0) is 25.8 Å². The van der Waals surface area contributed by atoms with Gasteiger partial charge in [-0.25, -0.2) is 9.97 Å². The standard InChI is InChI=1S/C15H20N4/c1-11-4-3-5-13(8-11)14-9-18-15(19-10-14)17-7-6-12(2)16/h3-5,8-10,12H,6-7,16H2,1-2H3,(H,17,18,19). The zero-order valence-corrected chi connectivity index (χ0v) is 11.4. The minimum Gasteiger partial charge on any atom is -0.354 e. The molecule has 3 N–H and O–H groups in total. The fraction of sp³-hybridized carbons (Fsp3) is 0.333. The van der Waals surface area contributed by atoms with E-state index in [1.807, 2.05) is 25.4 Å². The summed E-state index contributed by atoms with van der Waals surface area (Å²) in [6.07, 6.45) is 4.59. The third-order valence-electron chi connectivity index (χ3n) is 2.89. The molecule has 1 unspecified atom stereocenters. The molecule has 0 aliphatic carbocycles. The summed E-state index contributed by atoms with van der Waals surface area (Å²) >= 11 is 0. The maximum Gasteiger partial charge on any atom is 0.222 e. The average Bonchev–Trinajstić information content (AvgIpc) is 2.39. The highest BCUT2D eigenvalue weighted by atomic mass is 15.1. The second kappa shape index (κ2) is 6.29. The van der Waals surface area contributed by atoms with Crippen LogP contribution >= 0.6 is 0 Å². The van der Waals surface area contributed by atoms with Gasteiger partial charge in [-0.3, -0.25) is 0 Å². The SMILES string of the molecule is Cc1cccc(-c2cnc(NCCC(C)N)nc2)c1. The van der Waals surface area contributed by atoms with Crippen LogP contribution in [0.4, 0.5) is 5.95 Å². The van der Waals surface area contributed by atoms with E-state index in [1.54, 1.807) is 0 Å². The number of nitrogens with one attached hydrogen (secondary N) is 1. The van der Waals surface area contributed by atoms with E-state index in [4.69, 9.17) is 5.73 Å². The molecule has 2 rings (SSSR count). The summed E-state index contributed by atoms with van der Waals surface area (Å²) in [5.74, 6) is 0.650. The first-order chi connectivity index (χ1) is 9.15. The molecule has 1 atom stereocenters. The molecule has 0 bridgehead atoms. The van der Waals surface area contributed by atoms with Crippen molar-refractivity contribution in [2.24, 2.45) is 5.73 Å². The van der Waals surface area contributed by atoms with Crippen molar-refractivity contribution in [2.75, 3.05) is 11.9 Å². The largest absolute Gasteiger partial charge is 0.354 e. The summed E-state index contributed by atoms with van der Waals surface area (Å²) in [6, 6.07) is 8.50. The number of hydrogen-bond donors (Lipinski definition) is 2. The highest BCUT2D eigenvalue weighted by molar-refractivity contribution is 5.62. The molecular formula is C15H20N4. The van der Waals surface area contributed by atoms with E-state index < -0.39 is 0 Å². The van der Waals surface area contributed by atoms with Crippen molar-refractivity contribution >= 4 is 5.95 Å². The van der Waals surface area contributed by atoms with Crippen LogP contribution in [-0.4, -0.2) is 22.6 Å². The molecule has 100 valence electrons. The lowest BCUT2D eigenvalue weighted by atomic mass is 10.1. The van der Waals surface area contributed by atoms with Gasteiger partial charge in [0.2, 0.25) is 5.95 Å². The van der Waals surface area contributed by atoms with Gasteiger partial charge in [0.05, 0.1) is 0 Å². The summed E-state index contributed by atoms with van der Waals surface area (Å²) in [4.78, 5) is 8.64. The van der Waals surface area contributed by atoms with Gasteiger partial charge in [-0.2, -0.15) is 0 Å². The van der Waals surface area contributed by atoms with Crippen LogP contribution in [0.1, 0.15) is 18.9 Å². The first-order valence-corrected chi connectivity index (χ1v) is 6.53. The number of rotatable bonds is 5. The lowest BCUT2D eigenvalue weighted by Crippen LogP contribution is -2.19. The van der Waals surface area contributed by atoms with Gasteiger partial charge >= 0.3 is 0 Å². The Kier molecular flexibility index (Phi) is 4.47. The van der Waals surface area contributed by atoms with E-state index in [0.717, 1.165) is 24.1 Å². The molecule has 0 radical (unpaired) electrons. The van der Waals surface area contributed by atoms with E-state index in [9.17, 15) is 0 Å².